The number of rotatable bonds is 7. The fourth-order valence-corrected chi connectivity index (χ4v) is 3.66. The van der Waals surface area contributed by atoms with E-state index in [2.05, 4.69) is 39.2 Å². The zero-order valence-corrected chi connectivity index (χ0v) is 21.7. The van der Waals surface area contributed by atoms with Gasteiger partial charge in [-0.15, -0.1) is 59.7 Å². The van der Waals surface area contributed by atoms with Crippen LogP contribution in [0.1, 0.15) is 11.1 Å². The molecule has 5 aromatic carbocycles. The number of hydrogen-bond acceptors (Lipinski definition) is 3. The van der Waals surface area contributed by atoms with E-state index in [1.807, 2.05) is 128 Å². The van der Waals surface area contributed by atoms with Crippen LogP contribution >= 0.6 is 0 Å². The molecule has 176 valence electrons. The molecule has 0 aliphatic heterocycles. The van der Waals surface area contributed by atoms with Crippen molar-refractivity contribution in [3.8, 4) is 0 Å². The van der Waals surface area contributed by atoms with Crippen LogP contribution in [0.25, 0.3) is 0 Å². The minimum absolute atomic E-state index is 0. The Morgan fingerprint density at radius 3 is 1.33 bits per heavy atom. The maximum atomic E-state index is 4.59. The van der Waals surface area contributed by atoms with Gasteiger partial charge in [0, 0.05) is 5.69 Å². The summed E-state index contributed by atoms with van der Waals surface area (Å²) in [4.78, 5) is 11.3. The second kappa shape index (κ2) is 12.6. The molecule has 0 saturated heterocycles. The fraction of sp³-hybridized carbons (Fsp3) is 0. The van der Waals surface area contributed by atoms with Gasteiger partial charge in [-0.3, -0.25) is 0 Å². The molecule has 0 heterocycles. The molecule has 4 heteroatoms. The Balaban J connectivity index is 0.00000304. The Bertz CT molecular complexity index is 1340. The Morgan fingerprint density at radius 1 is 0.472 bits per heavy atom. The predicted octanol–water partition coefficient (Wildman–Crippen LogP) is 8.26. The summed E-state index contributed by atoms with van der Waals surface area (Å²) in [6, 6.07) is 49.2. The second-order valence-electron chi connectivity index (χ2n) is 7.84. The smallest absolute Gasteiger partial charge is 0.346 e. The molecule has 36 heavy (non-hydrogen) atoms. The molecule has 0 aliphatic carbocycles. The third-order valence-electron chi connectivity index (χ3n) is 5.32. The van der Waals surface area contributed by atoms with Crippen LogP contribution in [0.5, 0.6) is 0 Å². The van der Waals surface area contributed by atoms with Gasteiger partial charge in [-0.1, -0.05) is 54.6 Å². The Labute approximate surface area is 226 Å². The van der Waals surface area contributed by atoms with Gasteiger partial charge in [0.2, 0.25) is 0 Å². The van der Waals surface area contributed by atoms with Gasteiger partial charge in [0.1, 0.15) is 0 Å². The summed E-state index contributed by atoms with van der Waals surface area (Å²) in [5.41, 5.74) is 6.44. The van der Waals surface area contributed by atoms with Gasteiger partial charge in [0.15, 0.2) is 0 Å². The number of benzene rings is 5. The molecule has 0 amide bonds. The summed E-state index contributed by atoms with van der Waals surface area (Å²) in [5.74, 6) is 0. The minimum Gasteiger partial charge on any atom is -0.346 e. The SMILES string of the molecule is [Pt+2].[c-]1c(C=Nc2ccccc2)cccc1N(c1[c-]c(C=Nc2ccccc2)ccc1)c1ccccc1. The summed E-state index contributed by atoms with van der Waals surface area (Å²) >= 11 is 0. The van der Waals surface area contributed by atoms with E-state index in [0.717, 1.165) is 39.6 Å². The molecule has 0 unspecified atom stereocenters. The maximum Gasteiger partial charge on any atom is 2.00 e. The molecule has 0 aliphatic rings. The zero-order chi connectivity index (χ0) is 23.7. The van der Waals surface area contributed by atoms with Crippen molar-refractivity contribution in [3.05, 3.63) is 151 Å². The molecule has 5 rings (SSSR count). The zero-order valence-electron chi connectivity index (χ0n) is 19.4. The predicted molar refractivity (Wildman–Crippen MR) is 146 cm³/mol. The van der Waals surface area contributed by atoms with Crippen molar-refractivity contribution in [3.63, 3.8) is 0 Å². The van der Waals surface area contributed by atoms with Crippen molar-refractivity contribution in [2.45, 2.75) is 0 Å². The minimum atomic E-state index is 0. The third kappa shape index (κ3) is 6.53. The van der Waals surface area contributed by atoms with Crippen LogP contribution < -0.4 is 4.90 Å². The summed E-state index contributed by atoms with van der Waals surface area (Å²) in [7, 11) is 0. The number of anilines is 3. The van der Waals surface area contributed by atoms with Crippen LogP contribution in [-0.2, 0) is 21.1 Å². The standard InChI is InChI=1S/C32H23N3.Pt/c1-4-14-28(15-5-1)33-24-26-12-10-20-31(22-26)35(30-18-8-3-9-19-30)32-21-11-13-27(23-32)25-34-29-16-6-2-7-17-29;/h1-21,24-25H;/q-2;+2. The quantitative estimate of drug-likeness (QED) is 0.130. The van der Waals surface area contributed by atoms with Crippen LogP contribution in [0.3, 0.4) is 0 Å². The Morgan fingerprint density at radius 2 is 0.889 bits per heavy atom. The second-order valence-corrected chi connectivity index (χ2v) is 7.84. The van der Waals surface area contributed by atoms with Gasteiger partial charge in [-0.25, -0.2) is 0 Å². The maximum absolute atomic E-state index is 4.59. The van der Waals surface area contributed by atoms with Crippen molar-refractivity contribution in [2.24, 2.45) is 9.98 Å². The van der Waals surface area contributed by atoms with Crippen molar-refractivity contribution in [2.75, 3.05) is 4.90 Å². The molecule has 5 aromatic rings. The summed E-state index contributed by atoms with van der Waals surface area (Å²) in [5, 5.41) is 0. The van der Waals surface area contributed by atoms with Crippen molar-refractivity contribution < 1.29 is 21.1 Å². The average molecular weight is 645 g/mol. The summed E-state index contributed by atoms with van der Waals surface area (Å²) in [6.45, 7) is 0. The first-order chi connectivity index (χ1) is 17.3. The Kier molecular flexibility index (Phi) is 8.75. The van der Waals surface area contributed by atoms with E-state index in [4.69, 9.17) is 0 Å². The van der Waals surface area contributed by atoms with Crippen molar-refractivity contribution >= 4 is 40.9 Å². The van der Waals surface area contributed by atoms with Crippen LogP contribution in [0, 0.1) is 12.1 Å². The summed E-state index contributed by atoms with van der Waals surface area (Å²) < 4.78 is 0. The molecule has 0 N–H and O–H groups in total. The van der Waals surface area contributed by atoms with Gasteiger partial charge in [-0.2, -0.15) is 0 Å². The number of hydrogen-bond donors (Lipinski definition) is 0. The van der Waals surface area contributed by atoms with Crippen LogP contribution in [0.15, 0.2) is 137 Å². The molecular weight excluding hydrogens is 621 g/mol. The summed E-state index contributed by atoms with van der Waals surface area (Å²) in [6.07, 6.45) is 3.68. The molecular formula is C32H23N3Pt. The van der Waals surface area contributed by atoms with E-state index >= 15 is 0 Å². The van der Waals surface area contributed by atoms with E-state index in [-0.39, 0.29) is 21.1 Å². The fourth-order valence-electron chi connectivity index (χ4n) is 3.66. The monoisotopic (exact) mass is 644 g/mol. The van der Waals surface area contributed by atoms with E-state index in [1.54, 1.807) is 0 Å². The molecule has 0 aromatic heterocycles. The van der Waals surface area contributed by atoms with Crippen molar-refractivity contribution in [1.82, 2.24) is 0 Å². The van der Waals surface area contributed by atoms with Crippen LogP contribution in [0.4, 0.5) is 28.4 Å². The molecule has 0 spiro atoms. The van der Waals surface area contributed by atoms with Gasteiger partial charge in [-0.05, 0) is 60.2 Å². The van der Waals surface area contributed by atoms with E-state index in [0.29, 0.717) is 0 Å². The Hall–Kier alpha value is -4.07. The van der Waals surface area contributed by atoms with Gasteiger partial charge in [0.25, 0.3) is 0 Å². The number of aliphatic imine (C=N–C) groups is 2. The molecule has 0 saturated carbocycles. The third-order valence-corrected chi connectivity index (χ3v) is 5.32. The largest absolute Gasteiger partial charge is 2.00 e. The van der Waals surface area contributed by atoms with Crippen molar-refractivity contribution in [1.29, 1.82) is 0 Å². The van der Waals surface area contributed by atoms with Gasteiger partial charge >= 0.3 is 21.1 Å². The van der Waals surface area contributed by atoms with E-state index < -0.39 is 0 Å². The first-order valence-corrected chi connectivity index (χ1v) is 11.4. The molecule has 0 bridgehead atoms. The van der Waals surface area contributed by atoms with E-state index in [1.165, 1.54) is 0 Å². The molecule has 3 nitrogen and oxygen atoms in total. The molecule has 0 fully saturated rings. The molecule has 0 radical (unpaired) electrons. The number of para-hydroxylation sites is 3. The first kappa shape index (κ1) is 25.0. The average Bonchev–Trinajstić information content (AvgIpc) is 2.93. The van der Waals surface area contributed by atoms with Crippen LogP contribution in [0.2, 0.25) is 0 Å². The van der Waals surface area contributed by atoms with Gasteiger partial charge < -0.3 is 14.9 Å². The van der Waals surface area contributed by atoms with E-state index in [9.17, 15) is 0 Å². The topological polar surface area (TPSA) is 28.0 Å². The normalized spacial score (nSPS) is 10.9. The van der Waals surface area contributed by atoms with Gasteiger partial charge in [0.05, 0.1) is 11.4 Å². The van der Waals surface area contributed by atoms with Crippen LogP contribution in [-0.4, -0.2) is 12.4 Å². The number of nitrogens with zero attached hydrogens (tertiary/aromatic N) is 3. The molecule has 0 atom stereocenters. The first-order valence-electron chi connectivity index (χ1n) is 11.4.